The summed E-state index contributed by atoms with van der Waals surface area (Å²) in [4.78, 5) is 32.1. The number of likely N-dealkylation sites (tertiary alicyclic amines) is 1. The van der Waals surface area contributed by atoms with E-state index in [0.29, 0.717) is 19.4 Å². The Morgan fingerprint density at radius 2 is 1.74 bits per heavy atom. The third-order valence-electron chi connectivity index (χ3n) is 8.04. The van der Waals surface area contributed by atoms with E-state index < -0.39 is 11.9 Å². The number of phenols is 1. The number of benzene rings is 2. The van der Waals surface area contributed by atoms with E-state index in [1.165, 1.54) is 5.56 Å². The van der Waals surface area contributed by atoms with Crippen LogP contribution in [0.1, 0.15) is 50.4 Å². The average Bonchev–Trinajstić information content (AvgIpc) is 3.42. The molecular formula is C34H40N6O3. The van der Waals surface area contributed by atoms with Crippen molar-refractivity contribution in [3.63, 3.8) is 0 Å². The second-order valence-corrected chi connectivity index (χ2v) is 12.4. The molecule has 1 saturated heterocycles. The van der Waals surface area contributed by atoms with Crippen molar-refractivity contribution in [2.45, 2.75) is 58.0 Å². The van der Waals surface area contributed by atoms with Crippen molar-refractivity contribution < 1.29 is 14.7 Å². The summed E-state index contributed by atoms with van der Waals surface area (Å²) >= 11 is 0. The molecule has 2 amide bonds. The van der Waals surface area contributed by atoms with Gasteiger partial charge < -0.3 is 10.8 Å². The number of phenolic OH excluding ortho intramolecular Hbond substituents is 1. The molecule has 0 radical (unpaired) electrons. The van der Waals surface area contributed by atoms with Crippen LogP contribution in [0.4, 0.5) is 0 Å². The van der Waals surface area contributed by atoms with E-state index in [1.807, 2.05) is 23.0 Å². The third kappa shape index (κ3) is 7.55. The monoisotopic (exact) mass is 580 g/mol. The van der Waals surface area contributed by atoms with Crippen molar-refractivity contribution in [2.75, 3.05) is 13.1 Å². The molecule has 4 N–H and O–H groups in total. The summed E-state index contributed by atoms with van der Waals surface area (Å²) in [5.74, 6) is -0.850. The van der Waals surface area contributed by atoms with Crippen molar-refractivity contribution in [3.05, 3.63) is 95.9 Å². The number of carbonyl (C=O) groups excluding carboxylic acids is 2. The van der Waals surface area contributed by atoms with Gasteiger partial charge in [-0.3, -0.25) is 24.8 Å². The van der Waals surface area contributed by atoms with E-state index in [9.17, 15) is 14.7 Å². The van der Waals surface area contributed by atoms with Crippen LogP contribution in [-0.4, -0.2) is 55.7 Å². The Morgan fingerprint density at radius 3 is 2.37 bits per heavy atom. The van der Waals surface area contributed by atoms with Gasteiger partial charge in [-0.2, -0.15) is 5.10 Å². The quantitative estimate of drug-likeness (QED) is 0.283. The fourth-order valence-corrected chi connectivity index (χ4v) is 5.39. The number of nitrogens with zero attached hydrogens (tertiary/aromatic N) is 4. The number of hydrogen-bond donors (Lipinski definition) is 3. The molecule has 1 fully saturated rings. The first kappa shape index (κ1) is 30.1. The highest BCUT2D eigenvalue weighted by Gasteiger charge is 2.28. The average molecular weight is 581 g/mol. The molecule has 3 heterocycles. The lowest BCUT2D eigenvalue weighted by Crippen LogP contribution is -2.48. The second kappa shape index (κ2) is 12.9. The number of carbonyl (C=O) groups is 2. The Balaban J connectivity index is 1.22. The van der Waals surface area contributed by atoms with Crippen molar-refractivity contribution in [2.24, 2.45) is 11.7 Å². The van der Waals surface area contributed by atoms with Crippen LogP contribution < -0.4 is 11.1 Å². The number of aromatic nitrogens is 3. The predicted octanol–water partition coefficient (Wildman–Crippen LogP) is 4.36. The van der Waals surface area contributed by atoms with Gasteiger partial charge in [-0.1, -0.05) is 45.0 Å². The molecule has 1 atom stereocenters. The molecule has 0 bridgehead atoms. The Hall–Kier alpha value is -4.34. The molecule has 1 aliphatic rings. The number of hydrogen-bond acceptors (Lipinski definition) is 7. The summed E-state index contributed by atoms with van der Waals surface area (Å²) < 4.78 is 2.00. The van der Waals surface area contributed by atoms with Crippen LogP contribution in [0, 0.1) is 5.92 Å². The fraction of sp³-hybridized carbons (Fsp3) is 0.353. The van der Waals surface area contributed by atoms with Gasteiger partial charge >= 0.3 is 0 Å². The minimum Gasteiger partial charge on any atom is -0.508 e. The maximum absolute atomic E-state index is 12.9. The number of imide groups is 1. The molecule has 2 aromatic carbocycles. The number of amides is 2. The summed E-state index contributed by atoms with van der Waals surface area (Å²) in [5.41, 5.74) is 12.1. The zero-order valence-electron chi connectivity index (χ0n) is 25.0. The molecule has 2 aromatic heterocycles. The van der Waals surface area contributed by atoms with E-state index in [0.717, 1.165) is 41.3 Å². The molecule has 9 heteroatoms. The maximum atomic E-state index is 12.9. The number of nitrogens with one attached hydrogen (secondary N) is 1. The Labute approximate surface area is 252 Å². The first-order valence-electron chi connectivity index (χ1n) is 14.8. The minimum absolute atomic E-state index is 0.0609. The third-order valence-corrected chi connectivity index (χ3v) is 8.04. The maximum Gasteiger partial charge on any atom is 0.243 e. The van der Waals surface area contributed by atoms with Gasteiger partial charge in [-0.25, -0.2) is 4.68 Å². The smallest absolute Gasteiger partial charge is 0.243 e. The zero-order chi connectivity index (χ0) is 30.6. The highest BCUT2D eigenvalue weighted by atomic mass is 16.3. The first-order valence-corrected chi connectivity index (χ1v) is 14.8. The van der Waals surface area contributed by atoms with Crippen LogP contribution in [0.3, 0.4) is 0 Å². The van der Waals surface area contributed by atoms with Crippen LogP contribution in [0.2, 0.25) is 0 Å². The summed E-state index contributed by atoms with van der Waals surface area (Å²) in [6.45, 7) is 8.74. The summed E-state index contributed by atoms with van der Waals surface area (Å²) in [6.07, 6.45) is 5.16. The molecule has 5 rings (SSSR count). The normalized spacial score (nSPS) is 15.3. The van der Waals surface area contributed by atoms with E-state index >= 15 is 0 Å². The van der Waals surface area contributed by atoms with Crippen LogP contribution in [0.15, 0.2) is 79.1 Å². The van der Waals surface area contributed by atoms with Gasteiger partial charge in [-0.15, -0.1) is 0 Å². The van der Waals surface area contributed by atoms with Crippen LogP contribution in [0.25, 0.3) is 16.9 Å². The molecule has 0 saturated carbocycles. The number of rotatable bonds is 8. The molecule has 9 nitrogen and oxygen atoms in total. The van der Waals surface area contributed by atoms with Gasteiger partial charge in [-0.05, 0) is 91.4 Å². The molecule has 4 aromatic rings. The second-order valence-electron chi connectivity index (χ2n) is 12.4. The lowest BCUT2D eigenvalue weighted by atomic mass is 9.87. The van der Waals surface area contributed by atoms with Crippen molar-refractivity contribution in [3.8, 4) is 22.7 Å². The van der Waals surface area contributed by atoms with E-state index in [1.54, 1.807) is 30.5 Å². The first-order chi connectivity index (χ1) is 20.6. The van der Waals surface area contributed by atoms with E-state index in [2.05, 4.69) is 66.3 Å². The molecule has 1 aliphatic heterocycles. The van der Waals surface area contributed by atoms with Gasteiger partial charge in [0, 0.05) is 30.4 Å². The van der Waals surface area contributed by atoms with Gasteiger partial charge in [0.15, 0.2) is 0 Å². The number of pyridine rings is 1. The Morgan fingerprint density at radius 1 is 1.05 bits per heavy atom. The standard InChI is InChI=1S/C34H40N6O3/c1-34(2,3)26-8-10-27(11-9-26)40-28(20-31(38-40)25-5-4-16-36-21-25)22-39-17-14-24(15-18-39)32(42)37-33(43)30(35)19-23-6-12-29(41)13-7-23/h4-13,16,20-21,24,30,41H,14-15,17-19,22,35H2,1-3H3,(H,37,42,43). The highest BCUT2D eigenvalue weighted by Crippen LogP contribution is 2.27. The fourth-order valence-electron chi connectivity index (χ4n) is 5.39. The van der Waals surface area contributed by atoms with Crippen LogP contribution in [0.5, 0.6) is 5.75 Å². The zero-order valence-corrected chi connectivity index (χ0v) is 25.0. The summed E-state index contributed by atoms with van der Waals surface area (Å²) in [7, 11) is 0. The number of aromatic hydroxyl groups is 1. The molecule has 0 spiro atoms. The van der Waals surface area contributed by atoms with Gasteiger partial charge in [0.25, 0.3) is 0 Å². The van der Waals surface area contributed by atoms with E-state index in [4.69, 9.17) is 10.8 Å². The highest BCUT2D eigenvalue weighted by molar-refractivity contribution is 5.98. The molecule has 224 valence electrons. The molecular weight excluding hydrogens is 540 g/mol. The van der Waals surface area contributed by atoms with Gasteiger partial charge in [0.05, 0.1) is 23.1 Å². The predicted molar refractivity (Wildman–Crippen MR) is 166 cm³/mol. The molecule has 1 unspecified atom stereocenters. The molecule has 0 aliphatic carbocycles. The van der Waals surface area contributed by atoms with Crippen molar-refractivity contribution in [1.82, 2.24) is 25.0 Å². The lowest BCUT2D eigenvalue weighted by Gasteiger charge is -2.31. The summed E-state index contributed by atoms with van der Waals surface area (Å²) in [6, 6.07) is 20.3. The largest absolute Gasteiger partial charge is 0.508 e. The van der Waals surface area contributed by atoms with Gasteiger partial charge in [0.2, 0.25) is 11.8 Å². The SMILES string of the molecule is CC(C)(C)c1ccc(-n2nc(-c3cccnc3)cc2CN2CCC(C(=O)NC(=O)C(N)Cc3ccc(O)cc3)CC2)cc1. The Kier molecular flexibility index (Phi) is 9.03. The Bertz CT molecular complexity index is 1530. The van der Waals surface area contributed by atoms with E-state index in [-0.39, 0.29) is 29.4 Å². The molecule has 43 heavy (non-hydrogen) atoms. The summed E-state index contributed by atoms with van der Waals surface area (Å²) in [5, 5.41) is 16.9. The topological polar surface area (TPSA) is 126 Å². The van der Waals surface area contributed by atoms with Crippen molar-refractivity contribution >= 4 is 11.8 Å². The van der Waals surface area contributed by atoms with Gasteiger partial charge in [0.1, 0.15) is 5.75 Å². The number of piperidine rings is 1. The van der Waals surface area contributed by atoms with Crippen LogP contribution in [-0.2, 0) is 28.0 Å². The lowest BCUT2D eigenvalue weighted by molar-refractivity contribution is -0.134. The minimum atomic E-state index is -0.847. The van der Waals surface area contributed by atoms with Crippen molar-refractivity contribution in [1.29, 1.82) is 0 Å². The number of nitrogens with two attached hydrogens (primary N) is 1. The van der Waals surface area contributed by atoms with Crippen LogP contribution >= 0.6 is 0 Å².